The van der Waals surface area contributed by atoms with E-state index in [1.54, 1.807) is 48.5 Å². The van der Waals surface area contributed by atoms with Gasteiger partial charge in [-0.15, -0.1) is 0 Å². The van der Waals surface area contributed by atoms with Crippen LogP contribution in [-0.2, 0) is 4.79 Å². The summed E-state index contributed by atoms with van der Waals surface area (Å²) in [6, 6.07) is 21.3. The second-order valence-electron chi connectivity index (χ2n) is 6.27. The third-order valence-electron chi connectivity index (χ3n) is 4.24. The number of carbonyl (C=O) groups is 1. The largest absolute Gasteiger partial charge is 0.493 e. The van der Waals surface area contributed by atoms with E-state index in [1.807, 2.05) is 24.3 Å². The minimum atomic E-state index is -0.586. The van der Waals surface area contributed by atoms with Gasteiger partial charge in [-0.3, -0.25) is 4.79 Å². The molecule has 1 amide bonds. The SMILES string of the molecule is COc1cc(/C=C(\C#N)C(=O)Nc2ccccc2Oc2ccccc2)cc(Cl)c1OC. The molecule has 0 aromatic heterocycles. The van der Waals surface area contributed by atoms with Gasteiger partial charge in [-0.1, -0.05) is 41.9 Å². The van der Waals surface area contributed by atoms with Gasteiger partial charge in [-0.2, -0.15) is 5.26 Å². The molecule has 1 N–H and O–H groups in total. The standard InChI is InChI=1S/C24H19ClN2O4/c1-29-22-14-16(13-19(25)23(22)30-2)12-17(15-26)24(28)27-20-10-6-7-11-21(20)31-18-8-4-3-5-9-18/h3-14H,1-2H3,(H,27,28)/b17-12+. The molecule has 0 aliphatic carbocycles. The van der Waals surface area contributed by atoms with Crippen molar-refractivity contribution in [2.24, 2.45) is 0 Å². The van der Waals surface area contributed by atoms with E-state index in [1.165, 1.54) is 20.3 Å². The van der Waals surface area contributed by atoms with Crippen molar-refractivity contribution in [1.82, 2.24) is 0 Å². The van der Waals surface area contributed by atoms with Crippen molar-refractivity contribution in [2.75, 3.05) is 19.5 Å². The number of benzene rings is 3. The summed E-state index contributed by atoms with van der Waals surface area (Å²) in [5.41, 5.74) is 0.837. The average molecular weight is 435 g/mol. The fraction of sp³-hybridized carbons (Fsp3) is 0.0833. The van der Waals surface area contributed by atoms with E-state index in [0.717, 1.165) is 0 Å². The molecular formula is C24H19ClN2O4. The summed E-state index contributed by atoms with van der Waals surface area (Å²) in [7, 11) is 2.95. The molecule has 0 radical (unpaired) electrons. The van der Waals surface area contributed by atoms with Crippen molar-refractivity contribution in [2.45, 2.75) is 0 Å². The van der Waals surface area contributed by atoms with E-state index >= 15 is 0 Å². The second kappa shape index (κ2) is 10.2. The van der Waals surface area contributed by atoms with Crippen LogP contribution in [0.3, 0.4) is 0 Å². The highest BCUT2D eigenvalue weighted by Gasteiger charge is 2.15. The van der Waals surface area contributed by atoms with Gasteiger partial charge in [0.2, 0.25) is 0 Å². The lowest BCUT2D eigenvalue weighted by molar-refractivity contribution is -0.112. The predicted octanol–water partition coefficient (Wildman–Crippen LogP) is 5.70. The fourth-order valence-corrected chi connectivity index (χ4v) is 3.10. The Morgan fingerprint density at radius 2 is 1.71 bits per heavy atom. The zero-order valence-corrected chi connectivity index (χ0v) is 17.6. The number of hydrogen-bond acceptors (Lipinski definition) is 5. The van der Waals surface area contributed by atoms with Crippen molar-refractivity contribution in [3.8, 4) is 29.1 Å². The molecule has 31 heavy (non-hydrogen) atoms. The van der Waals surface area contributed by atoms with Gasteiger partial charge in [0.1, 0.15) is 17.4 Å². The van der Waals surface area contributed by atoms with Crippen LogP contribution in [0.4, 0.5) is 5.69 Å². The molecule has 3 rings (SSSR count). The molecule has 3 aromatic rings. The number of amides is 1. The van der Waals surface area contributed by atoms with Crippen LogP contribution in [0.2, 0.25) is 5.02 Å². The zero-order valence-electron chi connectivity index (χ0n) is 16.9. The van der Waals surface area contributed by atoms with Crippen molar-refractivity contribution in [1.29, 1.82) is 5.26 Å². The Bertz CT molecular complexity index is 1150. The Balaban J connectivity index is 1.86. The Labute approximate surface area is 185 Å². The van der Waals surface area contributed by atoms with Crippen LogP contribution >= 0.6 is 11.6 Å². The highest BCUT2D eigenvalue weighted by molar-refractivity contribution is 6.32. The number of nitrogens with one attached hydrogen (secondary N) is 1. The third-order valence-corrected chi connectivity index (χ3v) is 4.52. The highest BCUT2D eigenvalue weighted by atomic mass is 35.5. The fourth-order valence-electron chi connectivity index (χ4n) is 2.80. The second-order valence-corrected chi connectivity index (χ2v) is 6.68. The monoisotopic (exact) mass is 434 g/mol. The van der Waals surface area contributed by atoms with E-state index in [-0.39, 0.29) is 5.57 Å². The van der Waals surface area contributed by atoms with Crippen molar-refractivity contribution in [3.63, 3.8) is 0 Å². The van der Waals surface area contributed by atoms with Crippen molar-refractivity contribution >= 4 is 29.3 Å². The van der Waals surface area contributed by atoms with E-state index in [0.29, 0.717) is 39.3 Å². The molecule has 7 heteroatoms. The third kappa shape index (κ3) is 5.35. The van der Waals surface area contributed by atoms with Crippen LogP contribution in [0.1, 0.15) is 5.56 Å². The highest BCUT2D eigenvalue weighted by Crippen LogP contribution is 2.36. The first-order valence-electron chi connectivity index (χ1n) is 9.22. The van der Waals surface area contributed by atoms with Gasteiger partial charge in [0.15, 0.2) is 17.2 Å². The number of carbonyl (C=O) groups excluding carboxylic acids is 1. The Morgan fingerprint density at radius 3 is 2.39 bits per heavy atom. The number of ether oxygens (including phenoxy) is 3. The summed E-state index contributed by atoms with van der Waals surface area (Å²) < 4.78 is 16.3. The lowest BCUT2D eigenvalue weighted by Crippen LogP contribution is -2.14. The van der Waals surface area contributed by atoms with Crippen LogP contribution in [0.5, 0.6) is 23.0 Å². The van der Waals surface area contributed by atoms with Crippen LogP contribution < -0.4 is 19.5 Å². The predicted molar refractivity (Wildman–Crippen MR) is 120 cm³/mol. The normalized spacial score (nSPS) is 10.7. The molecule has 0 bridgehead atoms. The molecule has 0 saturated heterocycles. The number of hydrogen-bond donors (Lipinski definition) is 1. The number of methoxy groups -OCH3 is 2. The Kier molecular flexibility index (Phi) is 7.15. The first-order chi connectivity index (χ1) is 15.0. The molecule has 156 valence electrons. The first-order valence-corrected chi connectivity index (χ1v) is 9.60. The van der Waals surface area contributed by atoms with Gasteiger partial charge in [-0.25, -0.2) is 0 Å². The molecule has 0 saturated carbocycles. The number of para-hydroxylation sites is 3. The topological polar surface area (TPSA) is 80.6 Å². The van der Waals surface area contributed by atoms with E-state index in [2.05, 4.69) is 5.32 Å². The van der Waals surface area contributed by atoms with Crippen molar-refractivity contribution < 1.29 is 19.0 Å². The summed E-state index contributed by atoms with van der Waals surface area (Å²) in [6.07, 6.45) is 1.42. The van der Waals surface area contributed by atoms with Gasteiger partial charge >= 0.3 is 0 Å². The summed E-state index contributed by atoms with van der Waals surface area (Å²) in [5, 5.41) is 12.6. The van der Waals surface area contributed by atoms with Crippen LogP contribution in [-0.4, -0.2) is 20.1 Å². The van der Waals surface area contributed by atoms with Gasteiger partial charge < -0.3 is 19.5 Å². The maximum absolute atomic E-state index is 12.8. The Hall–Kier alpha value is -3.95. The molecule has 0 fully saturated rings. The molecule has 0 unspecified atom stereocenters. The molecular weight excluding hydrogens is 416 g/mol. The maximum Gasteiger partial charge on any atom is 0.266 e. The quantitative estimate of drug-likeness (QED) is 0.381. The lowest BCUT2D eigenvalue weighted by Gasteiger charge is -2.12. The minimum Gasteiger partial charge on any atom is -0.493 e. The number of anilines is 1. The summed E-state index contributed by atoms with van der Waals surface area (Å²) in [6.45, 7) is 0. The summed E-state index contributed by atoms with van der Waals surface area (Å²) in [5.74, 6) is 1.25. The molecule has 0 aliphatic heterocycles. The summed E-state index contributed by atoms with van der Waals surface area (Å²) in [4.78, 5) is 12.8. The van der Waals surface area contributed by atoms with E-state index < -0.39 is 5.91 Å². The maximum atomic E-state index is 12.8. The van der Waals surface area contributed by atoms with E-state index in [9.17, 15) is 10.1 Å². The molecule has 3 aromatic carbocycles. The number of rotatable bonds is 7. The van der Waals surface area contributed by atoms with Crippen LogP contribution in [0.25, 0.3) is 6.08 Å². The Morgan fingerprint density at radius 1 is 1.00 bits per heavy atom. The molecule has 6 nitrogen and oxygen atoms in total. The molecule has 0 aliphatic rings. The molecule has 0 heterocycles. The van der Waals surface area contributed by atoms with E-state index in [4.69, 9.17) is 25.8 Å². The molecule has 0 spiro atoms. The van der Waals surface area contributed by atoms with Gasteiger partial charge in [0.25, 0.3) is 5.91 Å². The van der Waals surface area contributed by atoms with Crippen LogP contribution in [0.15, 0.2) is 72.3 Å². The van der Waals surface area contributed by atoms with Gasteiger partial charge in [0.05, 0.1) is 24.9 Å². The smallest absolute Gasteiger partial charge is 0.266 e. The molecule has 0 atom stereocenters. The summed E-state index contributed by atoms with van der Waals surface area (Å²) >= 11 is 6.21. The zero-order chi connectivity index (χ0) is 22.2. The average Bonchev–Trinajstić information content (AvgIpc) is 2.79. The number of nitrogens with zero attached hydrogens (tertiary/aromatic N) is 1. The van der Waals surface area contributed by atoms with Crippen molar-refractivity contribution in [3.05, 3.63) is 82.9 Å². The van der Waals surface area contributed by atoms with Gasteiger partial charge in [-0.05, 0) is 48.0 Å². The number of halogens is 1. The number of nitriles is 1. The van der Waals surface area contributed by atoms with Gasteiger partial charge in [0, 0.05) is 0 Å². The lowest BCUT2D eigenvalue weighted by atomic mass is 10.1. The first kappa shape index (κ1) is 21.8. The van der Waals surface area contributed by atoms with Crippen LogP contribution in [0, 0.1) is 11.3 Å². The minimum absolute atomic E-state index is 0.113.